The molecule has 1 aliphatic heterocycles. The molecule has 1 aliphatic rings. The van der Waals surface area contributed by atoms with Crippen LogP contribution in [0, 0.1) is 0 Å². The molecule has 1 aromatic heterocycles. The quantitative estimate of drug-likeness (QED) is 0.841. The minimum atomic E-state index is 0.182. The topological polar surface area (TPSA) is 23.6 Å². The first-order valence-corrected chi connectivity index (χ1v) is 9.11. The number of carbonyl (C=O) groups excluding carboxylic acids is 1. The normalized spacial score (nSPS) is 18.4. The highest BCUT2D eigenvalue weighted by molar-refractivity contribution is 7.12. The Balaban J connectivity index is 1.79. The summed E-state index contributed by atoms with van der Waals surface area (Å²) in [6.45, 7) is 1.81. The Morgan fingerprint density at radius 3 is 2.65 bits per heavy atom. The molecule has 122 valence electrons. The standard InChI is InChI=1S/C19H24N2OS/c1-20(2)14-15-8-10-16(11-9-15)17-6-3-4-12-21(17)19(22)18-7-5-13-23-18/h5,7-11,13,17H,3-4,6,12,14H2,1-2H3/t17-/m0/s1. The number of rotatable bonds is 4. The van der Waals surface area contributed by atoms with Crippen LogP contribution in [0.4, 0.5) is 0 Å². The Morgan fingerprint density at radius 2 is 2.00 bits per heavy atom. The Kier molecular flexibility index (Phi) is 5.13. The van der Waals surface area contributed by atoms with Crippen molar-refractivity contribution in [1.82, 2.24) is 9.80 Å². The number of amides is 1. The van der Waals surface area contributed by atoms with Crippen LogP contribution in [0.3, 0.4) is 0 Å². The fourth-order valence-corrected chi connectivity index (χ4v) is 3.95. The molecule has 0 spiro atoms. The van der Waals surface area contributed by atoms with Crippen molar-refractivity contribution in [3.8, 4) is 0 Å². The number of nitrogens with zero attached hydrogens (tertiary/aromatic N) is 2. The predicted molar refractivity (Wildman–Crippen MR) is 95.8 cm³/mol. The Bertz CT molecular complexity index is 634. The van der Waals surface area contributed by atoms with Gasteiger partial charge in [-0.2, -0.15) is 0 Å². The lowest BCUT2D eigenvalue weighted by Gasteiger charge is -2.36. The summed E-state index contributed by atoms with van der Waals surface area (Å²) < 4.78 is 0. The average Bonchev–Trinajstić information content (AvgIpc) is 3.09. The number of hydrogen-bond acceptors (Lipinski definition) is 3. The van der Waals surface area contributed by atoms with Crippen LogP contribution >= 0.6 is 11.3 Å². The molecule has 3 nitrogen and oxygen atoms in total. The van der Waals surface area contributed by atoms with Crippen molar-refractivity contribution in [2.75, 3.05) is 20.6 Å². The van der Waals surface area contributed by atoms with E-state index in [1.807, 2.05) is 17.5 Å². The highest BCUT2D eigenvalue weighted by Crippen LogP contribution is 2.33. The van der Waals surface area contributed by atoms with Gasteiger partial charge in [-0.1, -0.05) is 30.3 Å². The zero-order valence-electron chi connectivity index (χ0n) is 13.9. The van der Waals surface area contributed by atoms with Gasteiger partial charge in [0.15, 0.2) is 0 Å². The third kappa shape index (κ3) is 3.82. The minimum absolute atomic E-state index is 0.182. The zero-order valence-corrected chi connectivity index (χ0v) is 14.7. The molecule has 0 aliphatic carbocycles. The second kappa shape index (κ2) is 7.28. The number of carbonyl (C=O) groups is 1. The monoisotopic (exact) mass is 328 g/mol. The minimum Gasteiger partial charge on any atom is -0.331 e. The fraction of sp³-hybridized carbons (Fsp3) is 0.421. The second-order valence-electron chi connectivity index (χ2n) is 6.47. The summed E-state index contributed by atoms with van der Waals surface area (Å²) in [5.74, 6) is 0.182. The lowest BCUT2D eigenvalue weighted by Crippen LogP contribution is -2.38. The van der Waals surface area contributed by atoms with Crippen LogP contribution in [0.2, 0.25) is 0 Å². The van der Waals surface area contributed by atoms with Crippen LogP contribution < -0.4 is 0 Å². The van der Waals surface area contributed by atoms with E-state index in [1.54, 1.807) is 0 Å². The third-order valence-electron chi connectivity index (χ3n) is 4.36. The van der Waals surface area contributed by atoms with E-state index in [2.05, 4.69) is 48.2 Å². The highest BCUT2D eigenvalue weighted by atomic mass is 32.1. The Morgan fingerprint density at radius 1 is 1.22 bits per heavy atom. The van der Waals surface area contributed by atoms with Gasteiger partial charge >= 0.3 is 0 Å². The van der Waals surface area contributed by atoms with Gasteiger partial charge in [0.25, 0.3) is 5.91 Å². The third-order valence-corrected chi connectivity index (χ3v) is 5.22. The molecular formula is C19H24N2OS. The fourth-order valence-electron chi connectivity index (χ4n) is 3.27. The van der Waals surface area contributed by atoms with Crippen molar-refractivity contribution >= 4 is 17.2 Å². The molecule has 0 radical (unpaired) electrons. The lowest BCUT2D eigenvalue weighted by atomic mass is 9.94. The summed E-state index contributed by atoms with van der Waals surface area (Å²) in [7, 11) is 4.16. The first-order chi connectivity index (χ1) is 11.1. The summed E-state index contributed by atoms with van der Waals surface area (Å²) in [4.78, 5) is 17.9. The molecule has 0 N–H and O–H groups in total. The molecule has 4 heteroatoms. The van der Waals surface area contributed by atoms with E-state index >= 15 is 0 Å². The smallest absolute Gasteiger partial charge is 0.264 e. The van der Waals surface area contributed by atoms with Crippen molar-refractivity contribution in [2.24, 2.45) is 0 Å². The maximum Gasteiger partial charge on any atom is 0.264 e. The molecule has 3 rings (SSSR count). The molecule has 1 fully saturated rings. The molecular weight excluding hydrogens is 304 g/mol. The van der Waals surface area contributed by atoms with Gasteiger partial charge < -0.3 is 9.80 Å². The summed E-state index contributed by atoms with van der Waals surface area (Å²) >= 11 is 1.53. The molecule has 1 atom stereocenters. The number of thiophene rings is 1. The molecule has 1 aromatic carbocycles. The van der Waals surface area contributed by atoms with Crippen molar-refractivity contribution in [1.29, 1.82) is 0 Å². The van der Waals surface area contributed by atoms with Crippen molar-refractivity contribution < 1.29 is 4.79 Å². The molecule has 23 heavy (non-hydrogen) atoms. The maximum atomic E-state index is 12.8. The summed E-state index contributed by atoms with van der Waals surface area (Å²) in [6.07, 6.45) is 3.36. The van der Waals surface area contributed by atoms with Crippen molar-refractivity contribution in [3.05, 3.63) is 57.8 Å². The van der Waals surface area contributed by atoms with E-state index in [9.17, 15) is 4.79 Å². The SMILES string of the molecule is CN(C)Cc1ccc([C@@H]2CCCCN2C(=O)c2cccs2)cc1. The summed E-state index contributed by atoms with van der Waals surface area (Å²) in [5, 5.41) is 1.97. The summed E-state index contributed by atoms with van der Waals surface area (Å²) in [5.41, 5.74) is 2.57. The summed E-state index contributed by atoms with van der Waals surface area (Å²) in [6, 6.07) is 12.9. The molecule has 0 saturated carbocycles. The van der Waals surface area contributed by atoms with E-state index < -0.39 is 0 Å². The molecule has 0 unspecified atom stereocenters. The van der Waals surface area contributed by atoms with E-state index in [4.69, 9.17) is 0 Å². The first kappa shape index (κ1) is 16.2. The van der Waals surface area contributed by atoms with Crippen LogP contribution in [-0.2, 0) is 6.54 Å². The van der Waals surface area contributed by atoms with Gasteiger partial charge in [-0.05, 0) is 55.9 Å². The molecule has 1 saturated heterocycles. The first-order valence-electron chi connectivity index (χ1n) is 8.23. The van der Waals surface area contributed by atoms with Gasteiger partial charge in [0.1, 0.15) is 0 Å². The van der Waals surface area contributed by atoms with Crippen molar-refractivity contribution in [3.63, 3.8) is 0 Å². The highest BCUT2D eigenvalue weighted by Gasteiger charge is 2.29. The maximum absolute atomic E-state index is 12.8. The van der Waals surface area contributed by atoms with Gasteiger partial charge in [-0.25, -0.2) is 0 Å². The van der Waals surface area contributed by atoms with E-state index in [-0.39, 0.29) is 11.9 Å². The van der Waals surface area contributed by atoms with Crippen LogP contribution in [0.25, 0.3) is 0 Å². The zero-order chi connectivity index (χ0) is 16.2. The molecule has 1 amide bonds. The Hall–Kier alpha value is -1.65. The number of likely N-dealkylation sites (tertiary alicyclic amines) is 1. The molecule has 2 heterocycles. The lowest BCUT2D eigenvalue weighted by molar-refractivity contribution is 0.0616. The van der Waals surface area contributed by atoms with Gasteiger partial charge in [0, 0.05) is 13.1 Å². The predicted octanol–water partition coefficient (Wildman–Crippen LogP) is 4.18. The molecule has 2 aromatic rings. The van der Waals surface area contributed by atoms with Crippen LogP contribution in [0.1, 0.15) is 46.1 Å². The largest absolute Gasteiger partial charge is 0.331 e. The van der Waals surface area contributed by atoms with Gasteiger partial charge in [-0.15, -0.1) is 11.3 Å². The number of benzene rings is 1. The van der Waals surface area contributed by atoms with Gasteiger partial charge in [0.05, 0.1) is 10.9 Å². The van der Waals surface area contributed by atoms with E-state index in [0.717, 1.165) is 30.8 Å². The van der Waals surface area contributed by atoms with Gasteiger partial charge in [-0.3, -0.25) is 4.79 Å². The Labute approximate surface area is 142 Å². The van der Waals surface area contributed by atoms with E-state index in [1.165, 1.54) is 28.9 Å². The van der Waals surface area contributed by atoms with Crippen molar-refractivity contribution in [2.45, 2.75) is 31.8 Å². The van der Waals surface area contributed by atoms with Crippen LogP contribution in [0.15, 0.2) is 41.8 Å². The van der Waals surface area contributed by atoms with Crippen LogP contribution in [0.5, 0.6) is 0 Å². The molecule has 0 bridgehead atoms. The second-order valence-corrected chi connectivity index (χ2v) is 7.41. The number of piperidine rings is 1. The number of hydrogen-bond donors (Lipinski definition) is 0. The van der Waals surface area contributed by atoms with E-state index in [0.29, 0.717) is 0 Å². The van der Waals surface area contributed by atoms with Crippen LogP contribution in [-0.4, -0.2) is 36.3 Å². The average molecular weight is 328 g/mol. The van der Waals surface area contributed by atoms with Gasteiger partial charge in [0.2, 0.25) is 0 Å².